The molecule has 1 saturated heterocycles. The summed E-state index contributed by atoms with van der Waals surface area (Å²) in [6, 6.07) is 5.14. The minimum Gasteiger partial charge on any atom is -0.462 e. The fourth-order valence-electron chi connectivity index (χ4n) is 3.81. The molecule has 1 aromatic carbocycles. The zero-order valence-corrected chi connectivity index (χ0v) is 15.3. The molecule has 2 unspecified atom stereocenters. The number of esters is 1. The highest BCUT2D eigenvalue weighted by molar-refractivity contribution is 5.94. The van der Waals surface area contributed by atoms with E-state index in [1.165, 1.54) is 17.7 Å². The molecule has 2 N–H and O–H groups in total. The van der Waals surface area contributed by atoms with E-state index in [2.05, 4.69) is 11.9 Å². The molecule has 1 fully saturated rings. The Morgan fingerprint density at radius 2 is 2.20 bits per heavy atom. The molecular formula is C20H27N2O3+. The van der Waals surface area contributed by atoms with Crippen LogP contribution in [0.4, 0.5) is 0 Å². The number of nitrogens with one attached hydrogen (secondary N) is 2. The molecule has 0 radical (unpaired) electrons. The van der Waals surface area contributed by atoms with Crippen LogP contribution >= 0.6 is 0 Å². The van der Waals surface area contributed by atoms with Crippen LogP contribution in [0.15, 0.2) is 23.0 Å². The number of aromatic amines is 1. The predicted octanol–water partition coefficient (Wildman–Crippen LogP) is 1.83. The molecule has 3 rings (SSSR count). The molecule has 25 heavy (non-hydrogen) atoms. The Morgan fingerprint density at radius 1 is 1.40 bits per heavy atom. The van der Waals surface area contributed by atoms with Crippen LogP contribution in [-0.4, -0.2) is 30.6 Å². The number of piperidine rings is 1. The molecule has 0 saturated carbocycles. The molecule has 1 aliphatic heterocycles. The van der Waals surface area contributed by atoms with Gasteiger partial charge in [-0.25, -0.2) is 4.79 Å². The summed E-state index contributed by atoms with van der Waals surface area (Å²) < 4.78 is 5.05. The number of fused-ring (bicyclic) bond motifs is 1. The lowest BCUT2D eigenvalue weighted by Gasteiger charge is -2.28. The molecule has 0 spiro atoms. The molecule has 0 bridgehead atoms. The first kappa shape index (κ1) is 17.7. The van der Waals surface area contributed by atoms with Gasteiger partial charge in [-0.2, -0.15) is 0 Å². The lowest BCUT2D eigenvalue weighted by molar-refractivity contribution is -0.922. The zero-order valence-electron chi connectivity index (χ0n) is 15.3. The van der Waals surface area contributed by atoms with Crippen molar-refractivity contribution in [2.45, 2.75) is 40.2 Å². The Kier molecular flexibility index (Phi) is 5.23. The Morgan fingerprint density at radius 3 is 2.92 bits per heavy atom. The van der Waals surface area contributed by atoms with Gasteiger partial charge in [0.15, 0.2) is 5.43 Å². The number of hydrogen-bond donors (Lipinski definition) is 2. The van der Waals surface area contributed by atoms with Gasteiger partial charge < -0.3 is 14.6 Å². The molecule has 0 aliphatic carbocycles. The predicted molar refractivity (Wildman–Crippen MR) is 98.1 cm³/mol. The van der Waals surface area contributed by atoms with Gasteiger partial charge in [-0.15, -0.1) is 0 Å². The number of ether oxygens (including phenoxy) is 1. The van der Waals surface area contributed by atoms with E-state index in [-0.39, 0.29) is 11.4 Å². The smallest absolute Gasteiger partial charge is 0.338 e. The quantitative estimate of drug-likeness (QED) is 0.833. The molecule has 1 aliphatic rings. The molecule has 2 heterocycles. The van der Waals surface area contributed by atoms with E-state index in [0.29, 0.717) is 23.5 Å². The number of carbonyl (C=O) groups is 1. The van der Waals surface area contributed by atoms with Crippen molar-refractivity contribution in [3.63, 3.8) is 0 Å². The summed E-state index contributed by atoms with van der Waals surface area (Å²) >= 11 is 0. The van der Waals surface area contributed by atoms with Gasteiger partial charge in [0.1, 0.15) is 6.54 Å². The van der Waals surface area contributed by atoms with Crippen molar-refractivity contribution in [1.82, 2.24) is 4.98 Å². The van der Waals surface area contributed by atoms with Gasteiger partial charge >= 0.3 is 5.97 Å². The van der Waals surface area contributed by atoms with Crippen LogP contribution < -0.4 is 10.3 Å². The van der Waals surface area contributed by atoms with E-state index in [1.54, 1.807) is 25.1 Å². The minimum atomic E-state index is -0.388. The van der Waals surface area contributed by atoms with E-state index < -0.39 is 0 Å². The molecule has 2 atom stereocenters. The second-order valence-electron chi connectivity index (χ2n) is 7.17. The molecular weight excluding hydrogens is 316 g/mol. The van der Waals surface area contributed by atoms with Crippen LogP contribution in [0.1, 0.15) is 48.3 Å². The average Bonchev–Trinajstić information content (AvgIpc) is 2.58. The average molecular weight is 343 g/mol. The monoisotopic (exact) mass is 343 g/mol. The first-order valence-corrected chi connectivity index (χ1v) is 9.15. The summed E-state index contributed by atoms with van der Waals surface area (Å²) in [4.78, 5) is 29.8. The van der Waals surface area contributed by atoms with Crippen LogP contribution in [0.3, 0.4) is 0 Å². The molecule has 1 aromatic heterocycles. The molecule has 5 nitrogen and oxygen atoms in total. The van der Waals surface area contributed by atoms with E-state index in [4.69, 9.17) is 4.74 Å². The van der Waals surface area contributed by atoms with Gasteiger partial charge in [0.05, 0.1) is 30.8 Å². The normalized spacial score (nSPS) is 20.6. The Bertz CT molecular complexity index is 841. The van der Waals surface area contributed by atoms with Gasteiger partial charge in [0.2, 0.25) is 0 Å². The van der Waals surface area contributed by atoms with Crippen LogP contribution in [0.5, 0.6) is 0 Å². The fourth-order valence-corrected chi connectivity index (χ4v) is 3.81. The van der Waals surface area contributed by atoms with Crippen molar-refractivity contribution in [2.24, 2.45) is 5.92 Å². The summed E-state index contributed by atoms with van der Waals surface area (Å²) in [5, 5.41) is 0.565. The van der Waals surface area contributed by atoms with E-state index in [9.17, 15) is 9.59 Å². The van der Waals surface area contributed by atoms with Gasteiger partial charge in [0, 0.05) is 22.5 Å². The summed E-state index contributed by atoms with van der Waals surface area (Å²) in [6.07, 6.45) is 2.49. The summed E-state index contributed by atoms with van der Waals surface area (Å²) in [6.45, 7) is 9.30. The molecule has 2 aromatic rings. The first-order chi connectivity index (χ1) is 12.0. The fraction of sp³-hybridized carbons (Fsp3) is 0.500. The Balaban J connectivity index is 1.98. The summed E-state index contributed by atoms with van der Waals surface area (Å²) in [5.74, 6) is 0.320. The van der Waals surface area contributed by atoms with Crippen molar-refractivity contribution < 1.29 is 14.4 Å². The topological polar surface area (TPSA) is 63.6 Å². The molecule has 134 valence electrons. The van der Waals surface area contributed by atoms with Crippen LogP contribution in [0.2, 0.25) is 0 Å². The third-order valence-corrected chi connectivity index (χ3v) is 5.12. The third kappa shape index (κ3) is 3.76. The molecule has 5 heteroatoms. The molecule has 0 amide bonds. The number of likely N-dealkylation sites (tertiary alicyclic amines) is 1. The van der Waals surface area contributed by atoms with Crippen molar-refractivity contribution >= 4 is 16.9 Å². The third-order valence-electron chi connectivity index (χ3n) is 5.12. The first-order valence-electron chi connectivity index (χ1n) is 9.15. The second kappa shape index (κ2) is 7.40. The van der Waals surface area contributed by atoms with Gasteiger partial charge in [-0.3, -0.25) is 4.79 Å². The maximum Gasteiger partial charge on any atom is 0.338 e. The van der Waals surface area contributed by atoms with Crippen LogP contribution in [0.25, 0.3) is 10.9 Å². The maximum absolute atomic E-state index is 13.1. The number of pyridine rings is 1. The zero-order chi connectivity index (χ0) is 18.0. The highest BCUT2D eigenvalue weighted by Crippen LogP contribution is 2.15. The van der Waals surface area contributed by atoms with Gasteiger partial charge in [0.25, 0.3) is 0 Å². The summed E-state index contributed by atoms with van der Waals surface area (Å²) in [5.41, 5.74) is 2.97. The number of aryl methyl sites for hydroxylation is 1. The summed E-state index contributed by atoms with van der Waals surface area (Å²) in [7, 11) is 0. The largest absolute Gasteiger partial charge is 0.462 e. The maximum atomic E-state index is 13.1. The standard InChI is InChI=1S/C20H26N2O3/c1-4-25-20(24)15-7-8-18-16(10-15)19(23)17(14(3)21-18)12-22-9-5-6-13(2)11-22/h7-8,10,13H,4-6,9,11-12H2,1-3H3,(H,21,23)/p+1. The second-order valence-corrected chi connectivity index (χ2v) is 7.17. The van der Waals surface area contributed by atoms with Crippen molar-refractivity contribution in [1.29, 1.82) is 0 Å². The number of quaternary nitrogens is 1. The minimum absolute atomic E-state index is 0.0307. The van der Waals surface area contributed by atoms with E-state index in [1.807, 2.05) is 6.92 Å². The lowest BCUT2D eigenvalue weighted by atomic mass is 9.99. The Labute approximate surface area is 148 Å². The number of hydrogen-bond acceptors (Lipinski definition) is 3. The van der Waals surface area contributed by atoms with Crippen LogP contribution in [-0.2, 0) is 11.3 Å². The van der Waals surface area contributed by atoms with Gasteiger partial charge in [-0.05, 0) is 44.9 Å². The van der Waals surface area contributed by atoms with E-state index in [0.717, 1.165) is 36.4 Å². The lowest BCUT2D eigenvalue weighted by Crippen LogP contribution is -3.12. The number of rotatable bonds is 4. The van der Waals surface area contributed by atoms with Crippen molar-refractivity contribution in [3.05, 3.63) is 45.2 Å². The van der Waals surface area contributed by atoms with Crippen molar-refractivity contribution in [2.75, 3.05) is 19.7 Å². The van der Waals surface area contributed by atoms with E-state index >= 15 is 0 Å². The number of carbonyl (C=O) groups excluding carboxylic acids is 1. The highest BCUT2D eigenvalue weighted by Gasteiger charge is 2.22. The van der Waals surface area contributed by atoms with Gasteiger partial charge in [-0.1, -0.05) is 6.92 Å². The number of benzene rings is 1. The SMILES string of the molecule is CCOC(=O)c1ccc2[nH]c(C)c(C[NH+]3CCCC(C)C3)c(=O)c2c1. The highest BCUT2D eigenvalue weighted by atomic mass is 16.5. The van der Waals surface area contributed by atoms with Crippen LogP contribution in [0, 0.1) is 12.8 Å². The Hall–Kier alpha value is -2.14. The number of H-pyrrole nitrogens is 1. The van der Waals surface area contributed by atoms with Crippen molar-refractivity contribution in [3.8, 4) is 0 Å². The number of aromatic nitrogens is 1.